The van der Waals surface area contributed by atoms with Crippen molar-refractivity contribution in [3.8, 4) is 5.75 Å². The second-order valence-electron chi connectivity index (χ2n) is 6.03. The van der Waals surface area contributed by atoms with E-state index in [-0.39, 0.29) is 12.6 Å². The molecule has 0 spiro atoms. The maximum absolute atomic E-state index is 12.7. The van der Waals surface area contributed by atoms with E-state index in [0.717, 1.165) is 10.5 Å². The minimum absolute atomic E-state index is 0.125. The number of alkyl halides is 3. The first kappa shape index (κ1) is 18.6. The summed E-state index contributed by atoms with van der Waals surface area (Å²) in [6, 6.07) is 6.81. The van der Waals surface area contributed by atoms with Gasteiger partial charge in [0.05, 0.1) is 6.61 Å². The van der Waals surface area contributed by atoms with Crippen LogP contribution in [0.4, 0.5) is 13.2 Å². The van der Waals surface area contributed by atoms with Crippen molar-refractivity contribution in [1.29, 1.82) is 0 Å². The molecule has 0 radical (unpaired) electrons. The fraction of sp³-hybridized carbons (Fsp3) is 0.588. The quantitative estimate of drug-likeness (QED) is 0.795. The zero-order valence-corrected chi connectivity index (χ0v) is 13.8. The molecule has 0 aromatic heterocycles. The van der Waals surface area contributed by atoms with Crippen LogP contribution in [-0.2, 0) is 16.0 Å². The van der Waals surface area contributed by atoms with Gasteiger partial charge in [0.15, 0.2) is 0 Å². The van der Waals surface area contributed by atoms with Crippen LogP contribution in [0.3, 0.4) is 0 Å². The predicted octanol–water partition coefficient (Wildman–Crippen LogP) is 3.20. The van der Waals surface area contributed by atoms with E-state index in [1.807, 2.05) is 13.0 Å². The highest BCUT2D eigenvalue weighted by Gasteiger charge is 2.45. The molecule has 1 aliphatic heterocycles. The van der Waals surface area contributed by atoms with Gasteiger partial charge in [-0.05, 0) is 43.9 Å². The number of nitrogens with zero attached hydrogens (tertiary/aromatic N) is 1. The van der Waals surface area contributed by atoms with Gasteiger partial charge in [0.2, 0.25) is 0 Å². The maximum Gasteiger partial charge on any atom is 0.471 e. The maximum atomic E-state index is 12.7. The third kappa shape index (κ3) is 4.87. The Morgan fingerprint density at radius 2 is 2.17 bits per heavy atom. The molecule has 1 aromatic carbocycles. The van der Waals surface area contributed by atoms with E-state index in [2.05, 4.69) is 0 Å². The summed E-state index contributed by atoms with van der Waals surface area (Å²) in [6.07, 6.45) is -3.39. The average molecular weight is 345 g/mol. The summed E-state index contributed by atoms with van der Waals surface area (Å²) in [7, 11) is 1.59. The average Bonchev–Trinajstić information content (AvgIpc) is 2.94. The third-order valence-corrected chi connectivity index (χ3v) is 3.99. The number of likely N-dealkylation sites (tertiary alicyclic amines) is 1. The number of hydrogen-bond acceptors (Lipinski definition) is 3. The monoisotopic (exact) mass is 345 g/mol. The second kappa shape index (κ2) is 7.88. The SMILES string of the molecule is COCC(C)Oc1cccc(CC2CCCN2C(=O)C(F)(F)F)c1. The topological polar surface area (TPSA) is 38.8 Å². The summed E-state index contributed by atoms with van der Waals surface area (Å²) >= 11 is 0. The van der Waals surface area contributed by atoms with Crippen LogP contribution in [0.25, 0.3) is 0 Å². The Bertz CT molecular complexity index is 562. The third-order valence-electron chi connectivity index (χ3n) is 3.99. The van der Waals surface area contributed by atoms with E-state index in [4.69, 9.17) is 9.47 Å². The van der Waals surface area contributed by atoms with Crippen molar-refractivity contribution in [2.24, 2.45) is 0 Å². The Kier molecular flexibility index (Phi) is 6.10. The first-order chi connectivity index (χ1) is 11.3. The molecular formula is C17H22F3NO3. The van der Waals surface area contributed by atoms with E-state index in [1.165, 1.54) is 0 Å². The van der Waals surface area contributed by atoms with Crippen molar-refractivity contribution in [3.63, 3.8) is 0 Å². The summed E-state index contributed by atoms with van der Waals surface area (Å²) in [5.41, 5.74) is 0.851. The Labute approximate surface area is 139 Å². The lowest BCUT2D eigenvalue weighted by Crippen LogP contribution is -2.44. The number of ether oxygens (including phenoxy) is 2. The van der Waals surface area contributed by atoms with Crippen molar-refractivity contribution in [1.82, 2.24) is 4.90 Å². The smallest absolute Gasteiger partial charge is 0.471 e. The molecule has 0 saturated carbocycles. The number of hydrogen-bond donors (Lipinski definition) is 0. The highest BCUT2D eigenvalue weighted by atomic mass is 19.4. The molecule has 134 valence electrons. The Hall–Kier alpha value is -1.76. The van der Waals surface area contributed by atoms with Crippen molar-refractivity contribution in [3.05, 3.63) is 29.8 Å². The van der Waals surface area contributed by atoms with Crippen molar-refractivity contribution in [2.75, 3.05) is 20.3 Å². The van der Waals surface area contributed by atoms with Crippen LogP contribution in [-0.4, -0.2) is 49.4 Å². The largest absolute Gasteiger partial charge is 0.488 e. The number of carbonyl (C=O) groups excluding carboxylic acids is 1. The lowest BCUT2D eigenvalue weighted by molar-refractivity contribution is -0.186. The molecular weight excluding hydrogens is 323 g/mol. The van der Waals surface area contributed by atoms with Gasteiger partial charge in [-0.15, -0.1) is 0 Å². The number of rotatable bonds is 6. The number of methoxy groups -OCH3 is 1. The standard InChI is InChI=1S/C17H22F3NO3/c1-12(11-23-2)24-15-7-3-5-13(10-15)9-14-6-4-8-21(14)16(22)17(18,19)20/h3,5,7,10,12,14H,4,6,8-9,11H2,1-2H3. The van der Waals surface area contributed by atoms with Crippen LogP contribution in [0, 0.1) is 0 Å². The summed E-state index contributed by atoms with van der Waals surface area (Å²) in [5.74, 6) is -1.10. The van der Waals surface area contributed by atoms with E-state index in [9.17, 15) is 18.0 Å². The summed E-state index contributed by atoms with van der Waals surface area (Å²) in [6.45, 7) is 2.47. The molecule has 1 saturated heterocycles. The summed E-state index contributed by atoms with van der Waals surface area (Å²) in [4.78, 5) is 12.5. The Morgan fingerprint density at radius 3 is 2.83 bits per heavy atom. The highest BCUT2D eigenvalue weighted by Crippen LogP contribution is 2.28. The molecule has 24 heavy (non-hydrogen) atoms. The Balaban J connectivity index is 2.03. The Morgan fingerprint density at radius 1 is 1.42 bits per heavy atom. The van der Waals surface area contributed by atoms with Gasteiger partial charge in [-0.25, -0.2) is 0 Å². The minimum atomic E-state index is -4.82. The normalized spacial score (nSPS) is 19.4. The predicted molar refractivity (Wildman–Crippen MR) is 82.9 cm³/mol. The molecule has 0 N–H and O–H groups in total. The van der Waals surface area contributed by atoms with Crippen LogP contribution in [0.15, 0.2) is 24.3 Å². The number of carbonyl (C=O) groups is 1. The summed E-state index contributed by atoms with van der Waals surface area (Å²) < 4.78 is 48.7. The summed E-state index contributed by atoms with van der Waals surface area (Å²) in [5, 5.41) is 0. The molecule has 2 rings (SSSR count). The van der Waals surface area contributed by atoms with Gasteiger partial charge in [-0.1, -0.05) is 12.1 Å². The van der Waals surface area contributed by atoms with Crippen LogP contribution in [0.1, 0.15) is 25.3 Å². The van der Waals surface area contributed by atoms with Gasteiger partial charge in [-0.3, -0.25) is 4.79 Å². The van der Waals surface area contributed by atoms with E-state index in [0.29, 0.717) is 31.6 Å². The number of benzene rings is 1. The molecule has 0 aliphatic carbocycles. The van der Waals surface area contributed by atoms with Crippen LogP contribution in [0.5, 0.6) is 5.75 Å². The second-order valence-corrected chi connectivity index (χ2v) is 6.03. The first-order valence-corrected chi connectivity index (χ1v) is 7.93. The van der Waals surface area contributed by atoms with Crippen molar-refractivity contribution in [2.45, 2.75) is 44.5 Å². The van der Waals surface area contributed by atoms with Crippen molar-refractivity contribution < 1.29 is 27.4 Å². The van der Waals surface area contributed by atoms with Gasteiger partial charge < -0.3 is 14.4 Å². The molecule has 1 aliphatic rings. The van der Waals surface area contributed by atoms with Crippen molar-refractivity contribution >= 4 is 5.91 Å². The van der Waals surface area contributed by atoms with Gasteiger partial charge in [0.25, 0.3) is 0 Å². The molecule has 2 atom stereocenters. The molecule has 1 aromatic rings. The molecule has 2 unspecified atom stereocenters. The molecule has 1 heterocycles. The van der Waals surface area contributed by atoms with Gasteiger partial charge in [0.1, 0.15) is 11.9 Å². The van der Waals surface area contributed by atoms with E-state index < -0.39 is 18.1 Å². The number of amides is 1. The zero-order valence-electron chi connectivity index (χ0n) is 13.8. The van der Waals surface area contributed by atoms with E-state index in [1.54, 1.807) is 25.3 Å². The fourth-order valence-electron chi connectivity index (χ4n) is 3.00. The minimum Gasteiger partial charge on any atom is -0.488 e. The zero-order chi connectivity index (χ0) is 17.7. The van der Waals surface area contributed by atoms with Crippen LogP contribution >= 0.6 is 0 Å². The van der Waals surface area contributed by atoms with Crippen LogP contribution in [0.2, 0.25) is 0 Å². The first-order valence-electron chi connectivity index (χ1n) is 7.93. The molecule has 4 nitrogen and oxygen atoms in total. The molecule has 1 amide bonds. The van der Waals surface area contributed by atoms with E-state index >= 15 is 0 Å². The van der Waals surface area contributed by atoms with Crippen LogP contribution < -0.4 is 4.74 Å². The van der Waals surface area contributed by atoms with Gasteiger partial charge in [0, 0.05) is 19.7 Å². The lowest BCUT2D eigenvalue weighted by atomic mass is 10.0. The lowest BCUT2D eigenvalue weighted by Gasteiger charge is -2.25. The molecule has 7 heteroatoms. The highest BCUT2D eigenvalue weighted by molar-refractivity contribution is 5.82. The molecule has 1 fully saturated rings. The van der Waals surface area contributed by atoms with Gasteiger partial charge in [-0.2, -0.15) is 13.2 Å². The van der Waals surface area contributed by atoms with Gasteiger partial charge >= 0.3 is 12.1 Å². The molecule has 0 bridgehead atoms. The fourth-order valence-corrected chi connectivity index (χ4v) is 3.00. The number of halogens is 3.